The second kappa shape index (κ2) is 5.60. The van der Waals surface area contributed by atoms with E-state index in [9.17, 15) is 14.7 Å². The quantitative estimate of drug-likeness (QED) is 0.746. The van der Waals surface area contributed by atoms with Gasteiger partial charge in [-0.25, -0.2) is 0 Å². The molecule has 1 rings (SSSR count). The van der Waals surface area contributed by atoms with Crippen LogP contribution in [-0.2, 0) is 9.59 Å². The van der Waals surface area contributed by atoms with Crippen LogP contribution in [0, 0.1) is 0 Å². The van der Waals surface area contributed by atoms with Gasteiger partial charge in [0.05, 0.1) is 13.2 Å². The Morgan fingerprint density at radius 1 is 1.41 bits per heavy atom. The molecule has 0 atom stereocenters. The summed E-state index contributed by atoms with van der Waals surface area (Å²) in [6, 6.07) is 0. The number of hydrogen-bond donors (Lipinski definition) is 1. The number of likely N-dealkylation sites (N-methyl/N-ethyl adjacent to an activating group) is 1. The number of rotatable bonds is 4. The molecule has 1 amide bonds. The molecule has 1 saturated heterocycles. The predicted molar refractivity (Wildman–Crippen MR) is 64.6 cm³/mol. The third kappa shape index (κ3) is 3.78. The molecule has 0 aromatic heterocycles. The molecule has 0 bridgehead atoms. The fourth-order valence-corrected chi connectivity index (χ4v) is 1.64. The Hall–Kier alpha value is -0.940. The van der Waals surface area contributed by atoms with E-state index >= 15 is 0 Å². The first kappa shape index (κ1) is 14.1. The van der Waals surface area contributed by atoms with Crippen LogP contribution in [0.15, 0.2) is 0 Å². The lowest BCUT2D eigenvalue weighted by Crippen LogP contribution is -2.50. The minimum Gasteiger partial charge on any atom is -0.394 e. The molecular weight excluding hydrogens is 220 g/mol. The standard InChI is InChI=1S/C12H22N2O3/c1-12(2,9-15)13(3)8-11(17)14-6-4-10(16)5-7-14/h15H,4-9H2,1-3H3. The fraction of sp³-hybridized carbons (Fsp3) is 0.833. The topological polar surface area (TPSA) is 60.9 Å². The molecule has 1 aliphatic heterocycles. The van der Waals surface area contributed by atoms with Gasteiger partial charge < -0.3 is 10.0 Å². The van der Waals surface area contributed by atoms with Crippen LogP contribution in [0.1, 0.15) is 26.7 Å². The number of aliphatic hydroxyl groups is 1. The van der Waals surface area contributed by atoms with Crippen molar-refractivity contribution in [1.82, 2.24) is 9.80 Å². The van der Waals surface area contributed by atoms with Crippen molar-refractivity contribution in [2.75, 3.05) is 33.3 Å². The van der Waals surface area contributed by atoms with Crippen LogP contribution in [0.3, 0.4) is 0 Å². The van der Waals surface area contributed by atoms with E-state index in [2.05, 4.69) is 0 Å². The van der Waals surface area contributed by atoms with Gasteiger partial charge >= 0.3 is 0 Å². The predicted octanol–water partition coefficient (Wildman–Crippen LogP) is -0.119. The van der Waals surface area contributed by atoms with Crippen molar-refractivity contribution < 1.29 is 14.7 Å². The van der Waals surface area contributed by atoms with Crippen molar-refractivity contribution >= 4 is 11.7 Å². The zero-order valence-electron chi connectivity index (χ0n) is 10.9. The van der Waals surface area contributed by atoms with Gasteiger partial charge in [-0.3, -0.25) is 14.5 Å². The number of Topliss-reactive ketones (excluding diaryl/α,β-unsaturated/α-hetero) is 1. The first-order chi connectivity index (χ1) is 7.86. The molecule has 0 aromatic carbocycles. The van der Waals surface area contributed by atoms with Crippen LogP contribution in [0.5, 0.6) is 0 Å². The summed E-state index contributed by atoms with van der Waals surface area (Å²) in [6.07, 6.45) is 0.942. The molecular formula is C12H22N2O3. The number of hydrogen-bond acceptors (Lipinski definition) is 4. The molecule has 1 aliphatic rings. The number of aliphatic hydroxyl groups excluding tert-OH is 1. The van der Waals surface area contributed by atoms with E-state index in [1.165, 1.54) is 0 Å². The van der Waals surface area contributed by atoms with Crippen LogP contribution >= 0.6 is 0 Å². The zero-order chi connectivity index (χ0) is 13.1. The normalized spacial score (nSPS) is 17.7. The lowest BCUT2D eigenvalue weighted by Gasteiger charge is -2.35. The summed E-state index contributed by atoms with van der Waals surface area (Å²) in [5.41, 5.74) is -0.402. The van der Waals surface area contributed by atoms with E-state index in [1.807, 2.05) is 25.8 Å². The first-order valence-corrected chi connectivity index (χ1v) is 5.98. The fourth-order valence-electron chi connectivity index (χ4n) is 1.64. The Morgan fingerprint density at radius 2 is 1.94 bits per heavy atom. The Morgan fingerprint density at radius 3 is 2.41 bits per heavy atom. The van der Waals surface area contributed by atoms with E-state index in [-0.39, 0.29) is 24.8 Å². The molecule has 17 heavy (non-hydrogen) atoms. The van der Waals surface area contributed by atoms with Gasteiger partial charge in [0.2, 0.25) is 5.91 Å². The van der Waals surface area contributed by atoms with Crippen molar-refractivity contribution in [2.24, 2.45) is 0 Å². The summed E-state index contributed by atoms with van der Waals surface area (Å²) in [6.45, 7) is 5.13. The average molecular weight is 242 g/mol. The lowest BCUT2D eigenvalue weighted by atomic mass is 10.0. The Kier molecular flexibility index (Phi) is 4.65. The molecule has 0 unspecified atom stereocenters. The smallest absolute Gasteiger partial charge is 0.236 e. The molecule has 0 radical (unpaired) electrons. The van der Waals surface area contributed by atoms with Crippen molar-refractivity contribution in [2.45, 2.75) is 32.2 Å². The third-order valence-electron chi connectivity index (χ3n) is 3.47. The summed E-state index contributed by atoms with van der Waals surface area (Å²) in [5, 5.41) is 9.21. The van der Waals surface area contributed by atoms with Gasteiger partial charge in [-0.05, 0) is 20.9 Å². The summed E-state index contributed by atoms with van der Waals surface area (Å²) >= 11 is 0. The van der Waals surface area contributed by atoms with Crippen LogP contribution < -0.4 is 0 Å². The highest BCUT2D eigenvalue weighted by Crippen LogP contribution is 2.12. The maximum atomic E-state index is 12.0. The number of carbonyl (C=O) groups is 2. The molecule has 5 heteroatoms. The number of piperidine rings is 1. The molecule has 0 saturated carbocycles. The van der Waals surface area contributed by atoms with Crippen LogP contribution in [0.2, 0.25) is 0 Å². The molecule has 0 aromatic rings. The summed E-state index contributed by atoms with van der Waals surface area (Å²) in [5.74, 6) is 0.264. The SMILES string of the molecule is CN(CC(=O)N1CCC(=O)CC1)C(C)(C)CO. The summed E-state index contributed by atoms with van der Waals surface area (Å²) in [7, 11) is 1.82. The number of amides is 1. The highest BCUT2D eigenvalue weighted by atomic mass is 16.3. The van der Waals surface area contributed by atoms with Gasteiger partial charge in [0.1, 0.15) is 5.78 Å². The van der Waals surface area contributed by atoms with Crippen LogP contribution in [-0.4, -0.2) is 65.4 Å². The highest BCUT2D eigenvalue weighted by Gasteiger charge is 2.27. The van der Waals surface area contributed by atoms with Gasteiger partial charge in [0.25, 0.3) is 0 Å². The Labute approximate surface area is 102 Å². The van der Waals surface area contributed by atoms with E-state index in [1.54, 1.807) is 4.90 Å². The van der Waals surface area contributed by atoms with Gasteiger partial charge in [-0.15, -0.1) is 0 Å². The zero-order valence-corrected chi connectivity index (χ0v) is 10.9. The monoisotopic (exact) mass is 242 g/mol. The summed E-state index contributed by atoms with van der Waals surface area (Å²) < 4.78 is 0. The van der Waals surface area contributed by atoms with Gasteiger partial charge in [-0.1, -0.05) is 0 Å². The molecule has 98 valence electrons. The third-order valence-corrected chi connectivity index (χ3v) is 3.47. The van der Waals surface area contributed by atoms with Crippen molar-refractivity contribution in [3.8, 4) is 0 Å². The Balaban J connectivity index is 2.46. The second-order valence-electron chi connectivity index (χ2n) is 5.25. The van der Waals surface area contributed by atoms with Gasteiger partial charge in [0.15, 0.2) is 0 Å². The molecule has 0 spiro atoms. The van der Waals surface area contributed by atoms with E-state index in [0.29, 0.717) is 25.9 Å². The maximum Gasteiger partial charge on any atom is 0.236 e. The highest BCUT2D eigenvalue weighted by molar-refractivity contribution is 5.84. The number of ketones is 1. The van der Waals surface area contributed by atoms with Crippen LogP contribution in [0.25, 0.3) is 0 Å². The number of nitrogens with zero attached hydrogens (tertiary/aromatic N) is 2. The van der Waals surface area contributed by atoms with Crippen LogP contribution in [0.4, 0.5) is 0 Å². The average Bonchev–Trinajstić information content (AvgIpc) is 2.29. The van der Waals surface area contributed by atoms with Gasteiger partial charge in [0, 0.05) is 31.5 Å². The van der Waals surface area contributed by atoms with Crippen molar-refractivity contribution in [3.05, 3.63) is 0 Å². The molecule has 1 heterocycles. The second-order valence-corrected chi connectivity index (χ2v) is 5.25. The van der Waals surface area contributed by atoms with E-state index in [4.69, 9.17) is 0 Å². The molecule has 1 N–H and O–H groups in total. The Bertz CT molecular complexity index is 292. The first-order valence-electron chi connectivity index (χ1n) is 5.98. The molecule has 1 fully saturated rings. The minimum absolute atomic E-state index is 0.00919. The summed E-state index contributed by atoms with van der Waals surface area (Å²) in [4.78, 5) is 26.6. The maximum absolute atomic E-state index is 12.0. The van der Waals surface area contributed by atoms with Crippen molar-refractivity contribution in [3.63, 3.8) is 0 Å². The largest absolute Gasteiger partial charge is 0.394 e. The number of carbonyl (C=O) groups excluding carboxylic acids is 2. The minimum atomic E-state index is -0.402. The number of likely N-dealkylation sites (tertiary alicyclic amines) is 1. The lowest BCUT2D eigenvalue weighted by molar-refractivity contribution is -0.136. The van der Waals surface area contributed by atoms with Crippen molar-refractivity contribution in [1.29, 1.82) is 0 Å². The molecule has 5 nitrogen and oxygen atoms in total. The molecule has 0 aliphatic carbocycles. The van der Waals surface area contributed by atoms with E-state index in [0.717, 1.165) is 0 Å². The van der Waals surface area contributed by atoms with Gasteiger partial charge in [-0.2, -0.15) is 0 Å². The van der Waals surface area contributed by atoms with E-state index < -0.39 is 5.54 Å².